The molecule has 202 valence electrons. The number of benzene rings is 3. The molecular weight excluding hydrogens is 500 g/mol. The monoisotopic (exact) mass is 531 g/mol. The van der Waals surface area contributed by atoms with Gasteiger partial charge in [-0.15, -0.1) is 0 Å². The van der Waals surface area contributed by atoms with Gasteiger partial charge in [-0.05, 0) is 71.5 Å². The lowest BCUT2D eigenvalue weighted by Crippen LogP contribution is -2.48. The Morgan fingerprint density at radius 1 is 1.10 bits per heavy atom. The number of rotatable bonds is 6. The van der Waals surface area contributed by atoms with Gasteiger partial charge in [-0.2, -0.15) is 0 Å². The molecule has 1 unspecified atom stereocenters. The number of nitrogens with zero attached hydrogens (tertiary/aromatic N) is 3. The van der Waals surface area contributed by atoms with Gasteiger partial charge in [-0.1, -0.05) is 31.2 Å². The SMILES string of the molecule is CCCN(Cc1cc(-c2ccc3nc(N)[nH]c3c2)ccc1C)C(=O)N1CCC(=O)CC1c1ccc(F)c(F)c1. The molecular formula is C30H31F2N5O2. The highest BCUT2D eigenvalue weighted by Crippen LogP contribution is 2.32. The maximum atomic E-state index is 14.1. The van der Waals surface area contributed by atoms with E-state index in [0.717, 1.165) is 51.8 Å². The fourth-order valence-corrected chi connectivity index (χ4v) is 5.21. The zero-order chi connectivity index (χ0) is 27.7. The molecule has 5 rings (SSSR count). The van der Waals surface area contributed by atoms with Gasteiger partial charge >= 0.3 is 6.03 Å². The minimum Gasteiger partial charge on any atom is -0.369 e. The summed E-state index contributed by atoms with van der Waals surface area (Å²) in [6.07, 6.45) is 1.05. The van der Waals surface area contributed by atoms with Crippen LogP contribution in [0.3, 0.4) is 0 Å². The summed E-state index contributed by atoms with van der Waals surface area (Å²) in [6.45, 7) is 5.13. The van der Waals surface area contributed by atoms with E-state index in [1.807, 2.05) is 44.2 Å². The third-order valence-corrected chi connectivity index (χ3v) is 7.31. The quantitative estimate of drug-likeness (QED) is 0.313. The van der Waals surface area contributed by atoms with Crippen molar-refractivity contribution in [1.82, 2.24) is 19.8 Å². The fraction of sp³-hybridized carbons (Fsp3) is 0.300. The number of H-pyrrole nitrogens is 1. The van der Waals surface area contributed by atoms with Crippen LogP contribution in [0, 0.1) is 18.6 Å². The van der Waals surface area contributed by atoms with Gasteiger partial charge in [0.25, 0.3) is 0 Å². The summed E-state index contributed by atoms with van der Waals surface area (Å²) in [5.74, 6) is -1.60. The molecule has 1 saturated heterocycles. The Hall–Kier alpha value is -4.27. The predicted molar refractivity (Wildman–Crippen MR) is 147 cm³/mol. The van der Waals surface area contributed by atoms with E-state index in [1.54, 1.807) is 9.80 Å². The number of halogens is 2. The molecule has 39 heavy (non-hydrogen) atoms. The highest BCUT2D eigenvalue weighted by Gasteiger charge is 2.34. The lowest BCUT2D eigenvalue weighted by Gasteiger charge is -2.39. The number of nitrogens with one attached hydrogen (secondary N) is 1. The van der Waals surface area contributed by atoms with Gasteiger partial charge in [0.2, 0.25) is 0 Å². The number of ketones is 1. The molecule has 4 aromatic rings. The maximum Gasteiger partial charge on any atom is 0.320 e. The van der Waals surface area contributed by atoms with E-state index in [4.69, 9.17) is 5.73 Å². The van der Waals surface area contributed by atoms with Gasteiger partial charge in [0.15, 0.2) is 17.6 Å². The molecule has 1 aromatic heterocycles. The molecule has 7 nitrogen and oxygen atoms in total. The molecule has 0 radical (unpaired) electrons. The molecule has 9 heteroatoms. The number of imidazole rings is 1. The summed E-state index contributed by atoms with van der Waals surface area (Å²) < 4.78 is 27.6. The molecule has 1 aliphatic heterocycles. The van der Waals surface area contributed by atoms with Crippen LogP contribution in [0.4, 0.5) is 19.5 Å². The molecule has 3 N–H and O–H groups in total. The van der Waals surface area contributed by atoms with Crippen LogP contribution < -0.4 is 5.73 Å². The number of aromatic amines is 1. The van der Waals surface area contributed by atoms with Crippen LogP contribution in [0.5, 0.6) is 0 Å². The van der Waals surface area contributed by atoms with E-state index < -0.39 is 17.7 Å². The van der Waals surface area contributed by atoms with E-state index in [1.165, 1.54) is 6.07 Å². The first-order valence-corrected chi connectivity index (χ1v) is 13.1. The summed E-state index contributed by atoms with van der Waals surface area (Å²) >= 11 is 0. The third-order valence-electron chi connectivity index (χ3n) is 7.31. The van der Waals surface area contributed by atoms with E-state index >= 15 is 0 Å². The number of likely N-dealkylation sites (tertiary alicyclic amines) is 1. The number of piperidine rings is 1. The molecule has 0 spiro atoms. The van der Waals surface area contributed by atoms with Crippen molar-refractivity contribution in [2.24, 2.45) is 0 Å². The number of aryl methyl sites for hydroxylation is 1. The van der Waals surface area contributed by atoms with Gasteiger partial charge in [0, 0.05) is 32.5 Å². The van der Waals surface area contributed by atoms with Crippen molar-refractivity contribution in [1.29, 1.82) is 0 Å². The van der Waals surface area contributed by atoms with Crippen molar-refractivity contribution in [3.63, 3.8) is 0 Å². The molecule has 0 aliphatic carbocycles. The zero-order valence-electron chi connectivity index (χ0n) is 22.0. The second-order valence-corrected chi connectivity index (χ2v) is 10.1. The number of amides is 2. The van der Waals surface area contributed by atoms with Gasteiger partial charge < -0.3 is 20.5 Å². The summed E-state index contributed by atoms with van der Waals surface area (Å²) in [7, 11) is 0. The zero-order valence-corrected chi connectivity index (χ0v) is 22.0. The Morgan fingerprint density at radius 2 is 1.87 bits per heavy atom. The number of aromatic nitrogens is 2. The number of Topliss-reactive ketones (excluding diaryl/α,β-unsaturated/α-hetero) is 1. The molecule has 3 aromatic carbocycles. The van der Waals surface area contributed by atoms with E-state index in [0.29, 0.717) is 24.6 Å². The van der Waals surface area contributed by atoms with Crippen molar-refractivity contribution in [3.05, 3.63) is 82.9 Å². The topological polar surface area (TPSA) is 95.3 Å². The second kappa shape index (κ2) is 10.8. The Labute approximate surface area is 225 Å². The number of carbonyl (C=O) groups excluding carboxylic acids is 2. The van der Waals surface area contributed by atoms with Crippen LogP contribution in [0.1, 0.15) is 48.9 Å². The van der Waals surface area contributed by atoms with Crippen LogP contribution in [-0.2, 0) is 11.3 Å². The van der Waals surface area contributed by atoms with Crippen LogP contribution in [0.2, 0.25) is 0 Å². The largest absolute Gasteiger partial charge is 0.369 e. The minimum atomic E-state index is -0.994. The smallest absolute Gasteiger partial charge is 0.320 e. The Kier molecular flexibility index (Phi) is 7.32. The summed E-state index contributed by atoms with van der Waals surface area (Å²) in [5, 5.41) is 0. The number of anilines is 1. The number of fused-ring (bicyclic) bond motifs is 1. The van der Waals surface area contributed by atoms with Crippen LogP contribution in [0.25, 0.3) is 22.2 Å². The first-order chi connectivity index (χ1) is 18.7. The fourth-order valence-electron chi connectivity index (χ4n) is 5.21. The Morgan fingerprint density at radius 3 is 2.64 bits per heavy atom. The first kappa shape index (κ1) is 26.3. The lowest BCUT2D eigenvalue weighted by atomic mass is 9.94. The molecule has 2 heterocycles. The van der Waals surface area contributed by atoms with Crippen molar-refractivity contribution in [3.8, 4) is 11.1 Å². The standard InChI is InChI=1S/C30H31F2N5O2/c1-3-11-36(30(39)37-12-10-23(38)16-28(37)21-6-8-24(31)25(32)14-21)17-22-13-19(5-4-18(22)2)20-7-9-26-27(15-20)35-29(33)34-26/h4-9,13-15,28H,3,10-12,16-17H2,1-2H3,(H3,33,34,35). The van der Waals surface area contributed by atoms with Crippen LogP contribution >= 0.6 is 0 Å². The number of urea groups is 1. The maximum absolute atomic E-state index is 14.1. The number of nitrogen functional groups attached to an aromatic ring is 1. The van der Waals surface area contributed by atoms with Crippen molar-refractivity contribution in [2.45, 2.75) is 45.7 Å². The number of carbonyl (C=O) groups is 2. The first-order valence-electron chi connectivity index (χ1n) is 13.1. The summed E-state index contributed by atoms with van der Waals surface area (Å²) in [4.78, 5) is 36.9. The average Bonchev–Trinajstić information content (AvgIpc) is 3.30. The summed E-state index contributed by atoms with van der Waals surface area (Å²) in [5.41, 5.74) is 11.9. The van der Waals surface area contributed by atoms with Gasteiger partial charge in [0.05, 0.1) is 17.1 Å². The average molecular weight is 532 g/mol. The van der Waals surface area contributed by atoms with Gasteiger partial charge in [-0.3, -0.25) is 4.79 Å². The lowest BCUT2D eigenvalue weighted by molar-refractivity contribution is -0.122. The minimum absolute atomic E-state index is 0.00429. The Balaban J connectivity index is 1.43. The molecule has 1 aliphatic rings. The van der Waals surface area contributed by atoms with Gasteiger partial charge in [0.1, 0.15) is 5.78 Å². The number of nitrogens with two attached hydrogens (primary N) is 1. The van der Waals surface area contributed by atoms with Crippen molar-refractivity contribution < 1.29 is 18.4 Å². The molecule has 2 amide bonds. The van der Waals surface area contributed by atoms with E-state index in [9.17, 15) is 18.4 Å². The van der Waals surface area contributed by atoms with Crippen molar-refractivity contribution in [2.75, 3.05) is 18.8 Å². The van der Waals surface area contributed by atoms with Gasteiger partial charge in [-0.25, -0.2) is 18.6 Å². The molecule has 0 saturated carbocycles. The molecule has 0 bridgehead atoms. The van der Waals surface area contributed by atoms with E-state index in [-0.39, 0.29) is 31.2 Å². The Bertz CT molecular complexity index is 1550. The highest BCUT2D eigenvalue weighted by atomic mass is 19.2. The van der Waals surface area contributed by atoms with Crippen LogP contribution in [-0.4, -0.2) is 44.7 Å². The van der Waals surface area contributed by atoms with Crippen molar-refractivity contribution >= 4 is 28.8 Å². The van der Waals surface area contributed by atoms with Crippen LogP contribution in [0.15, 0.2) is 54.6 Å². The molecule has 1 atom stereocenters. The third kappa shape index (κ3) is 5.48. The second-order valence-electron chi connectivity index (χ2n) is 10.1. The number of hydrogen-bond donors (Lipinski definition) is 2. The highest BCUT2D eigenvalue weighted by molar-refractivity contribution is 5.85. The summed E-state index contributed by atoms with van der Waals surface area (Å²) in [6, 6.07) is 14.8. The molecule has 1 fully saturated rings. The number of hydrogen-bond acceptors (Lipinski definition) is 4. The van der Waals surface area contributed by atoms with E-state index in [2.05, 4.69) is 16.0 Å². The normalized spacial score (nSPS) is 15.6. The predicted octanol–water partition coefficient (Wildman–Crippen LogP) is 6.14.